The number of nitrogens with zero attached hydrogens (tertiary/aromatic N) is 2. The molecular weight excluding hydrogens is 427 g/mol. The lowest BCUT2D eigenvalue weighted by molar-refractivity contribution is -0.167. The number of hydrogen-bond acceptors (Lipinski definition) is 5. The molecule has 8 heteroatoms. The molecule has 2 heterocycles. The molecule has 7 nitrogen and oxygen atoms in total. The highest BCUT2D eigenvalue weighted by Crippen LogP contribution is 2.26. The van der Waals surface area contributed by atoms with Crippen LogP contribution in [-0.2, 0) is 25.5 Å². The fraction of sp³-hybridized carbons (Fsp3) is 0.440. The Labute approximate surface area is 193 Å². The summed E-state index contributed by atoms with van der Waals surface area (Å²) in [5, 5.41) is 0. The number of halogens is 1. The molecular formula is C25H29FN2O5. The van der Waals surface area contributed by atoms with Crippen molar-refractivity contribution in [2.24, 2.45) is 0 Å². The third-order valence-corrected chi connectivity index (χ3v) is 5.95. The van der Waals surface area contributed by atoms with Gasteiger partial charge in [-0.1, -0.05) is 30.3 Å². The molecule has 2 aliphatic heterocycles. The molecule has 0 spiro atoms. The van der Waals surface area contributed by atoms with Crippen LogP contribution < -0.4 is 4.74 Å². The van der Waals surface area contributed by atoms with Gasteiger partial charge in [0, 0.05) is 19.6 Å². The molecule has 0 N–H and O–H groups in total. The average molecular weight is 457 g/mol. The van der Waals surface area contributed by atoms with Gasteiger partial charge in [-0.15, -0.1) is 0 Å². The van der Waals surface area contributed by atoms with Crippen LogP contribution in [0.4, 0.5) is 4.39 Å². The molecule has 1 atom stereocenters. The normalized spacial score (nSPS) is 21.0. The first-order valence-electron chi connectivity index (χ1n) is 11.2. The fourth-order valence-corrected chi connectivity index (χ4v) is 4.13. The van der Waals surface area contributed by atoms with Gasteiger partial charge in [0.1, 0.15) is 23.8 Å². The Morgan fingerprint density at radius 1 is 0.909 bits per heavy atom. The number of morpholine rings is 2. The number of rotatable bonds is 7. The van der Waals surface area contributed by atoms with Crippen molar-refractivity contribution in [3.05, 3.63) is 66.0 Å². The quantitative estimate of drug-likeness (QED) is 0.640. The van der Waals surface area contributed by atoms with Gasteiger partial charge < -0.3 is 24.0 Å². The predicted molar refractivity (Wildman–Crippen MR) is 119 cm³/mol. The molecule has 33 heavy (non-hydrogen) atoms. The summed E-state index contributed by atoms with van der Waals surface area (Å²) in [7, 11) is 0. The largest absolute Gasteiger partial charge is 0.490 e. The Balaban J connectivity index is 1.48. The van der Waals surface area contributed by atoms with Gasteiger partial charge in [0.2, 0.25) is 11.8 Å². The minimum absolute atomic E-state index is 0.0190. The number of benzene rings is 2. The molecule has 176 valence electrons. The lowest BCUT2D eigenvalue weighted by atomic mass is 9.96. The van der Waals surface area contributed by atoms with Crippen LogP contribution in [0, 0.1) is 5.82 Å². The lowest BCUT2D eigenvalue weighted by Crippen LogP contribution is -2.59. The van der Waals surface area contributed by atoms with E-state index in [2.05, 4.69) is 0 Å². The number of carbonyl (C=O) groups excluding carboxylic acids is 2. The zero-order valence-corrected chi connectivity index (χ0v) is 18.6. The first kappa shape index (κ1) is 23.2. The van der Waals surface area contributed by atoms with E-state index >= 15 is 0 Å². The molecule has 2 aliphatic rings. The van der Waals surface area contributed by atoms with E-state index in [1.807, 2.05) is 30.3 Å². The smallest absolute Gasteiger partial charge is 0.227 e. The second-order valence-electron chi connectivity index (χ2n) is 8.42. The Bertz CT molecular complexity index is 934. The molecule has 2 aromatic carbocycles. The molecule has 2 amide bonds. The Hall–Kier alpha value is -2.97. The highest BCUT2D eigenvalue weighted by molar-refractivity contribution is 5.80. The van der Waals surface area contributed by atoms with Crippen molar-refractivity contribution in [2.45, 2.75) is 18.4 Å². The first-order chi connectivity index (χ1) is 16.0. The maximum atomic E-state index is 13.3. The van der Waals surface area contributed by atoms with Crippen molar-refractivity contribution < 1.29 is 28.2 Å². The second kappa shape index (κ2) is 10.8. The third kappa shape index (κ3) is 6.30. The van der Waals surface area contributed by atoms with Crippen molar-refractivity contribution in [3.8, 4) is 5.75 Å². The molecule has 2 aromatic rings. The maximum Gasteiger partial charge on any atom is 0.227 e. The zero-order valence-electron chi connectivity index (χ0n) is 18.6. The summed E-state index contributed by atoms with van der Waals surface area (Å²) in [6, 6.07) is 15.3. The van der Waals surface area contributed by atoms with Crippen LogP contribution in [-0.4, -0.2) is 79.8 Å². The summed E-state index contributed by atoms with van der Waals surface area (Å²) in [6.07, 6.45) is 0.371. The molecule has 2 fully saturated rings. The number of hydrogen-bond donors (Lipinski definition) is 0. The van der Waals surface area contributed by atoms with Gasteiger partial charge in [-0.2, -0.15) is 0 Å². The van der Waals surface area contributed by atoms with Crippen molar-refractivity contribution in [1.29, 1.82) is 0 Å². The Morgan fingerprint density at radius 2 is 1.61 bits per heavy atom. The van der Waals surface area contributed by atoms with E-state index in [4.69, 9.17) is 14.2 Å². The first-order valence-corrected chi connectivity index (χ1v) is 11.2. The average Bonchev–Trinajstić information content (AvgIpc) is 2.85. The molecule has 0 saturated carbocycles. The summed E-state index contributed by atoms with van der Waals surface area (Å²) in [4.78, 5) is 29.6. The highest BCUT2D eigenvalue weighted by Gasteiger charge is 2.42. The van der Waals surface area contributed by atoms with Crippen molar-refractivity contribution >= 4 is 11.8 Å². The number of ether oxygens (including phenoxy) is 3. The minimum Gasteiger partial charge on any atom is -0.490 e. The summed E-state index contributed by atoms with van der Waals surface area (Å²) < 4.78 is 30.7. The van der Waals surface area contributed by atoms with Gasteiger partial charge in [-0.05, 0) is 29.8 Å². The van der Waals surface area contributed by atoms with Gasteiger partial charge >= 0.3 is 0 Å². The summed E-state index contributed by atoms with van der Waals surface area (Å²) in [5.74, 6) is 0.0462. The van der Waals surface area contributed by atoms with Gasteiger partial charge in [-0.25, -0.2) is 4.39 Å². The summed E-state index contributed by atoms with van der Waals surface area (Å²) >= 11 is 0. The molecule has 0 aliphatic carbocycles. The van der Waals surface area contributed by atoms with Crippen LogP contribution in [0.2, 0.25) is 0 Å². The van der Waals surface area contributed by atoms with E-state index in [-0.39, 0.29) is 43.6 Å². The van der Waals surface area contributed by atoms with Crippen molar-refractivity contribution in [2.75, 3.05) is 52.6 Å². The van der Waals surface area contributed by atoms with E-state index in [0.717, 1.165) is 5.56 Å². The van der Waals surface area contributed by atoms with Crippen molar-refractivity contribution in [1.82, 2.24) is 9.80 Å². The van der Waals surface area contributed by atoms with E-state index in [1.54, 1.807) is 9.80 Å². The highest BCUT2D eigenvalue weighted by atomic mass is 19.1. The zero-order chi connectivity index (χ0) is 23.1. The van der Waals surface area contributed by atoms with Gasteiger partial charge in [0.05, 0.1) is 39.2 Å². The number of amides is 2. The van der Waals surface area contributed by atoms with Crippen LogP contribution in [0.1, 0.15) is 12.0 Å². The summed E-state index contributed by atoms with van der Waals surface area (Å²) in [6.45, 7) is 3.16. The molecule has 2 saturated heterocycles. The summed E-state index contributed by atoms with van der Waals surface area (Å²) in [5.41, 5.74) is -0.0551. The predicted octanol–water partition coefficient (Wildman–Crippen LogP) is 2.29. The monoisotopic (exact) mass is 456 g/mol. The van der Waals surface area contributed by atoms with Gasteiger partial charge in [0.25, 0.3) is 0 Å². The van der Waals surface area contributed by atoms with Crippen LogP contribution >= 0.6 is 0 Å². The minimum atomic E-state index is -0.992. The number of carbonyl (C=O) groups is 2. The molecule has 0 radical (unpaired) electrons. The lowest BCUT2D eigenvalue weighted by Gasteiger charge is -2.43. The maximum absolute atomic E-state index is 13.3. The van der Waals surface area contributed by atoms with Crippen LogP contribution in [0.3, 0.4) is 0 Å². The molecule has 0 unspecified atom stereocenters. The molecule has 0 bridgehead atoms. The van der Waals surface area contributed by atoms with Gasteiger partial charge in [-0.3, -0.25) is 9.59 Å². The van der Waals surface area contributed by atoms with E-state index < -0.39 is 5.60 Å². The second-order valence-corrected chi connectivity index (χ2v) is 8.42. The van der Waals surface area contributed by atoms with Crippen LogP contribution in [0.15, 0.2) is 54.6 Å². The Kier molecular flexibility index (Phi) is 7.57. The standard InChI is InChI=1S/C25H29FN2O5/c26-21-6-8-22(9-7-21)32-19-25(17-24(30)27-10-13-31-14-11-27)18-28(12-15-33-25)23(29)16-20-4-2-1-3-5-20/h1-9H,10-19H2/t25-/m0/s1. The molecule has 0 aromatic heterocycles. The fourth-order valence-electron chi connectivity index (χ4n) is 4.13. The van der Waals surface area contributed by atoms with Crippen LogP contribution in [0.25, 0.3) is 0 Å². The SMILES string of the molecule is O=C(C[C@@]1(COc2ccc(F)cc2)CN(C(=O)Cc2ccccc2)CCO1)N1CCOCC1. The van der Waals surface area contributed by atoms with E-state index in [9.17, 15) is 14.0 Å². The van der Waals surface area contributed by atoms with Crippen molar-refractivity contribution in [3.63, 3.8) is 0 Å². The van der Waals surface area contributed by atoms with Crippen LogP contribution in [0.5, 0.6) is 5.75 Å². The van der Waals surface area contributed by atoms with E-state index in [1.165, 1.54) is 24.3 Å². The topological polar surface area (TPSA) is 68.3 Å². The Morgan fingerprint density at radius 3 is 2.33 bits per heavy atom. The van der Waals surface area contributed by atoms with E-state index in [0.29, 0.717) is 45.2 Å². The third-order valence-electron chi connectivity index (χ3n) is 5.95. The molecule has 4 rings (SSSR count). The van der Waals surface area contributed by atoms with Gasteiger partial charge in [0.15, 0.2) is 0 Å².